The Kier molecular flexibility index (Phi) is 4.44. The normalized spacial score (nSPS) is 21.4. The first kappa shape index (κ1) is 14.6. The van der Waals surface area contributed by atoms with Crippen LogP contribution in [0, 0.1) is 10.1 Å². The molecule has 1 saturated carbocycles. The van der Waals surface area contributed by atoms with Gasteiger partial charge in [0, 0.05) is 31.0 Å². The predicted molar refractivity (Wildman–Crippen MR) is 76.3 cm³/mol. The average Bonchev–Trinajstić information content (AvgIpc) is 2.32. The fourth-order valence-electron chi connectivity index (χ4n) is 2.22. The lowest BCUT2D eigenvalue weighted by Crippen LogP contribution is -2.40. The van der Waals surface area contributed by atoms with Gasteiger partial charge in [-0.05, 0) is 26.7 Å². The molecule has 1 aliphatic rings. The molecular formula is C14H20N2O4. The van der Waals surface area contributed by atoms with Crippen LogP contribution in [0.5, 0.6) is 5.75 Å². The third-order valence-corrected chi connectivity index (χ3v) is 3.27. The number of hydrogen-bond acceptors (Lipinski definition) is 5. The summed E-state index contributed by atoms with van der Waals surface area (Å²) in [5, 5.41) is 14.2. The molecule has 0 saturated heterocycles. The Morgan fingerprint density at radius 1 is 1.35 bits per heavy atom. The quantitative estimate of drug-likeness (QED) is 0.640. The Hall–Kier alpha value is -1.82. The Labute approximate surface area is 118 Å². The zero-order chi connectivity index (χ0) is 14.7. The number of benzene rings is 1. The van der Waals surface area contributed by atoms with Gasteiger partial charge in [0.2, 0.25) is 0 Å². The van der Waals surface area contributed by atoms with Crippen LogP contribution in [0.2, 0.25) is 0 Å². The van der Waals surface area contributed by atoms with Crippen LogP contribution >= 0.6 is 0 Å². The highest BCUT2D eigenvalue weighted by atomic mass is 16.6. The highest BCUT2D eigenvalue weighted by Crippen LogP contribution is 2.31. The number of rotatable bonds is 6. The van der Waals surface area contributed by atoms with E-state index in [0.717, 1.165) is 18.5 Å². The summed E-state index contributed by atoms with van der Waals surface area (Å²) < 4.78 is 10.8. The van der Waals surface area contributed by atoms with Crippen LogP contribution in [0.1, 0.15) is 26.7 Å². The molecule has 1 aromatic rings. The van der Waals surface area contributed by atoms with Gasteiger partial charge in [-0.25, -0.2) is 0 Å². The molecule has 0 unspecified atom stereocenters. The molecule has 2 rings (SSSR count). The van der Waals surface area contributed by atoms with Gasteiger partial charge in [-0.1, -0.05) is 0 Å². The number of hydrogen-bond donors (Lipinski definition) is 1. The topological polar surface area (TPSA) is 73.6 Å². The monoisotopic (exact) mass is 280 g/mol. The molecule has 0 aromatic heterocycles. The fraction of sp³-hybridized carbons (Fsp3) is 0.571. The molecule has 6 heteroatoms. The minimum Gasteiger partial charge on any atom is -0.491 e. The van der Waals surface area contributed by atoms with E-state index in [2.05, 4.69) is 5.32 Å². The molecule has 1 fully saturated rings. The number of nitrogens with one attached hydrogen (secondary N) is 1. The second kappa shape index (κ2) is 6.09. The summed E-state index contributed by atoms with van der Waals surface area (Å²) in [7, 11) is 1.70. The van der Waals surface area contributed by atoms with E-state index in [1.165, 1.54) is 12.1 Å². The van der Waals surface area contributed by atoms with E-state index in [0.29, 0.717) is 11.8 Å². The maximum atomic E-state index is 11.0. The van der Waals surface area contributed by atoms with Crippen molar-refractivity contribution in [2.24, 2.45) is 0 Å². The van der Waals surface area contributed by atoms with Gasteiger partial charge < -0.3 is 14.8 Å². The van der Waals surface area contributed by atoms with Crippen LogP contribution < -0.4 is 10.1 Å². The molecule has 1 aliphatic carbocycles. The van der Waals surface area contributed by atoms with Gasteiger partial charge in [0.15, 0.2) is 0 Å². The second-order valence-corrected chi connectivity index (χ2v) is 5.31. The molecule has 20 heavy (non-hydrogen) atoms. The molecule has 0 aliphatic heterocycles. The van der Waals surface area contributed by atoms with E-state index < -0.39 is 4.92 Å². The summed E-state index contributed by atoms with van der Waals surface area (Å²) >= 11 is 0. The van der Waals surface area contributed by atoms with E-state index in [4.69, 9.17) is 9.47 Å². The van der Waals surface area contributed by atoms with Crippen molar-refractivity contribution in [1.29, 1.82) is 0 Å². The van der Waals surface area contributed by atoms with E-state index >= 15 is 0 Å². The fourth-order valence-corrected chi connectivity index (χ4v) is 2.22. The van der Waals surface area contributed by atoms with Gasteiger partial charge in [-0.15, -0.1) is 0 Å². The molecule has 0 heterocycles. The van der Waals surface area contributed by atoms with Crippen LogP contribution in [0.25, 0.3) is 0 Å². The Morgan fingerprint density at radius 3 is 2.60 bits per heavy atom. The number of nitro benzene ring substituents is 1. The van der Waals surface area contributed by atoms with Crippen LogP contribution in [-0.4, -0.2) is 30.3 Å². The molecule has 0 amide bonds. The van der Waals surface area contributed by atoms with Crippen molar-refractivity contribution in [1.82, 2.24) is 0 Å². The summed E-state index contributed by atoms with van der Waals surface area (Å²) in [6, 6.07) is 5.08. The van der Waals surface area contributed by atoms with E-state index in [-0.39, 0.29) is 17.9 Å². The molecule has 1 aromatic carbocycles. The third-order valence-electron chi connectivity index (χ3n) is 3.27. The van der Waals surface area contributed by atoms with Crippen molar-refractivity contribution < 1.29 is 14.4 Å². The lowest BCUT2D eigenvalue weighted by Gasteiger charge is -2.35. The summed E-state index contributed by atoms with van der Waals surface area (Å²) in [5.74, 6) is 0.513. The zero-order valence-corrected chi connectivity index (χ0v) is 12.0. The molecule has 0 atom stereocenters. The molecule has 0 radical (unpaired) electrons. The Bertz CT molecular complexity index is 484. The largest absolute Gasteiger partial charge is 0.491 e. The van der Waals surface area contributed by atoms with Gasteiger partial charge in [-0.2, -0.15) is 0 Å². The van der Waals surface area contributed by atoms with Gasteiger partial charge in [0.25, 0.3) is 5.69 Å². The van der Waals surface area contributed by atoms with Crippen LogP contribution in [-0.2, 0) is 4.74 Å². The maximum Gasteiger partial charge on any atom is 0.275 e. The number of non-ortho nitro benzene ring substituents is 1. The first-order valence-corrected chi connectivity index (χ1v) is 6.73. The lowest BCUT2D eigenvalue weighted by atomic mass is 9.89. The standard InChI is InChI=1S/C14H20N2O4/c1-9(2)20-14-7-10(4-12(8-14)16(17)18)15-11-5-13(6-11)19-3/h4,7-9,11,13,15H,5-6H2,1-3H3. The van der Waals surface area contributed by atoms with E-state index in [9.17, 15) is 10.1 Å². The van der Waals surface area contributed by atoms with Crippen LogP contribution in [0.15, 0.2) is 18.2 Å². The average molecular weight is 280 g/mol. The van der Waals surface area contributed by atoms with Gasteiger partial charge in [0.05, 0.1) is 23.2 Å². The molecule has 0 bridgehead atoms. The molecule has 6 nitrogen and oxygen atoms in total. The lowest BCUT2D eigenvalue weighted by molar-refractivity contribution is -0.384. The van der Waals surface area contributed by atoms with Crippen molar-refractivity contribution >= 4 is 11.4 Å². The first-order valence-electron chi connectivity index (χ1n) is 6.73. The molecule has 0 spiro atoms. The van der Waals surface area contributed by atoms with E-state index in [1.54, 1.807) is 13.2 Å². The third kappa shape index (κ3) is 3.60. The zero-order valence-electron chi connectivity index (χ0n) is 12.0. The van der Waals surface area contributed by atoms with Gasteiger partial charge in [0.1, 0.15) is 5.75 Å². The summed E-state index contributed by atoms with van der Waals surface area (Å²) in [4.78, 5) is 10.6. The number of methoxy groups -OCH3 is 1. The predicted octanol–water partition coefficient (Wildman–Crippen LogP) is 2.97. The minimum absolute atomic E-state index is 0.0218. The smallest absolute Gasteiger partial charge is 0.275 e. The Balaban J connectivity index is 2.10. The molecular weight excluding hydrogens is 260 g/mol. The SMILES string of the molecule is COC1CC(Nc2cc(OC(C)C)cc([N+](=O)[O-])c2)C1. The highest BCUT2D eigenvalue weighted by Gasteiger charge is 2.29. The number of anilines is 1. The van der Waals surface area contributed by atoms with Crippen LogP contribution in [0.3, 0.4) is 0 Å². The first-order chi connectivity index (χ1) is 9.47. The number of nitrogens with zero attached hydrogens (tertiary/aromatic N) is 1. The van der Waals surface area contributed by atoms with Crippen LogP contribution in [0.4, 0.5) is 11.4 Å². The summed E-state index contributed by atoms with van der Waals surface area (Å²) in [6.07, 6.45) is 2.10. The molecule has 1 N–H and O–H groups in total. The van der Waals surface area contributed by atoms with E-state index in [1.807, 2.05) is 13.8 Å². The molecule has 110 valence electrons. The number of ether oxygens (including phenoxy) is 2. The summed E-state index contributed by atoms with van der Waals surface area (Å²) in [5.41, 5.74) is 0.752. The van der Waals surface area contributed by atoms with Crippen molar-refractivity contribution in [3.8, 4) is 5.75 Å². The van der Waals surface area contributed by atoms with Crippen molar-refractivity contribution in [2.75, 3.05) is 12.4 Å². The number of nitro groups is 1. The van der Waals surface area contributed by atoms with Crippen molar-refractivity contribution in [2.45, 2.75) is 44.9 Å². The summed E-state index contributed by atoms with van der Waals surface area (Å²) in [6.45, 7) is 3.78. The highest BCUT2D eigenvalue weighted by molar-refractivity contribution is 5.57. The minimum atomic E-state index is -0.406. The van der Waals surface area contributed by atoms with Crippen molar-refractivity contribution in [3.05, 3.63) is 28.3 Å². The second-order valence-electron chi connectivity index (χ2n) is 5.31. The van der Waals surface area contributed by atoms with Gasteiger partial charge >= 0.3 is 0 Å². The Morgan fingerprint density at radius 2 is 2.05 bits per heavy atom. The maximum absolute atomic E-state index is 11.0. The van der Waals surface area contributed by atoms with Crippen molar-refractivity contribution in [3.63, 3.8) is 0 Å². The van der Waals surface area contributed by atoms with Gasteiger partial charge in [-0.3, -0.25) is 10.1 Å².